The molecule has 0 saturated carbocycles. The lowest BCUT2D eigenvalue weighted by Crippen LogP contribution is -2.44. The Bertz CT molecular complexity index is 1110. The van der Waals surface area contributed by atoms with Crippen LogP contribution in [0.2, 0.25) is 0 Å². The van der Waals surface area contributed by atoms with Crippen molar-refractivity contribution in [3.05, 3.63) is 89.7 Å². The summed E-state index contributed by atoms with van der Waals surface area (Å²) in [5.74, 6) is 0.00567. The number of hydrogen-bond donors (Lipinski definition) is 1. The summed E-state index contributed by atoms with van der Waals surface area (Å²) in [5, 5.41) is 2.86. The first-order valence-corrected chi connectivity index (χ1v) is 11.1. The van der Waals surface area contributed by atoms with Gasteiger partial charge in [-0.3, -0.25) is 14.6 Å². The zero-order valence-corrected chi connectivity index (χ0v) is 18.7. The predicted octanol–water partition coefficient (Wildman–Crippen LogP) is 3.81. The number of nitrogens with zero attached hydrogens (tertiary/aromatic N) is 2. The van der Waals surface area contributed by atoms with Gasteiger partial charge in [0.25, 0.3) is 0 Å². The van der Waals surface area contributed by atoms with Crippen molar-refractivity contribution in [1.82, 2.24) is 15.2 Å². The van der Waals surface area contributed by atoms with Crippen LogP contribution in [0.4, 0.5) is 0 Å². The Morgan fingerprint density at radius 1 is 1.06 bits per heavy atom. The molecular formula is C27H29N3O2. The van der Waals surface area contributed by atoms with Crippen LogP contribution in [0.1, 0.15) is 23.2 Å². The van der Waals surface area contributed by atoms with E-state index in [1.54, 1.807) is 13.2 Å². The van der Waals surface area contributed by atoms with Crippen molar-refractivity contribution in [2.45, 2.75) is 26.2 Å². The van der Waals surface area contributed by atoms with Crippen LogP contribution in [0.25, 0.3) is 11.1 Å². The fourth-order valence-corrected chi connectivity index (χ4v) is 4.66. The van der Waals surface area contributed by atoms with E-state index >= 15 is 0 Å². The van der Waals surface area contributed by atoms with Gasteiger partial charge in [-0.25, -0.2) is 0 Å². The normalized spacial score (nSPS) is 17.9. The van der Waals surface area contributed by atoms with Gasteiger partial charge in [0.2, 0.25) is 11.8 Å². The third kappa shape index (κ3) is 4.57. The highest BCUT2D eigenvalue weighted by molar-refractivity contribution is 5.86. The summed E-state index contributed by atoms with van der Waals surface area (Å²) in [4.78, 5) is 32.1. The SMILES string of the molecule is CNC(=O)[C@@]1(Cc2ccccc2-c2cccc(C)c2)CCN(C(=O)Cc2ccccn2)C1. The molecule has 1 aromatic heterocycles. The van der Waals surface area contributed by atoms with Crippen LogP contribution >= 0.6 is 0 Å². The molecule has 5 nitrogen and oxygen atoms in total. The number of rotatable bonds is 6. The van der Waals surface area contributed by atoms with Gasteiger partial charge in [-0.2, -0.15) is 0 Å². The number of aromatic nitrogens is 1. The molecule has 0 radical (unpaired) electrons. The van der Waals surface area contributed by atoms with Gasteiger partial charge in [-0.05, 0) is 48.6 Å². The second kappa shape index (κ2) is 9.35. The molecule has 32 heavy (non-hydrogen) atoms. The first kappa shape index (κ1) is 21.8. The molecule has 1 saturated heterocycles. The van der Waals surface area contributed by atoms with E-state index in [9.17, 15) is 9.59 Å². The summed E-state index contributed by atoms with van der Waals surface area (Å²) < 4.78 is 0. The van der Waals surface area contributed by atoms with E-state index in [4.69, 9.17) is 0 Å². The Morgan fingerprint density at radius 3 is 2.62 bits per heavy atom. The van der Waals surface area contributed by atoms with E-state index in [2.05, 4.69) is 53.6 Å². The molecule has 5 heteroatoms. The van der Waals surface area contributed by atoms with Gasteiger partial charge in [-0.15, -0.1) is 0 Å². The molecule has 2 heterocycles. The number of hydrogen-bond acceptors (Lipinski definition) is 3. The number of amides is 2. The van der Waals surface area contributed by atoms with Gasteiger partial charge in [-0.1, -0.05) is 60.2 Å². The average Bonchev–Trinajstić information content (AvgIpc) is 3.25. The molecule has 2 amide bonds. The number of pyridine rings is 1. The van der Waals surface area contributed by atoms with E-state index in [1.165, 1.54) is 5.56 Å². The van der Waals surface area contributed by atoms with Gasteiger partial charge in [0.1, 0.15) is 0 Å². The van der Waals surface area contributed by atoms with Gasteiger partial charge in [0, 0.05) is 32.0 Å². The van der Waals surface area contributed by atoms with Crippen molar-refractivity contribution in [2.24, 2.45) is 5.41 Å². The van der Waals surface area contributed by atoms with Crippen molar-refractivity contribution >= 4 is 11.8 Å². The molecule has 1 fully saturated rings. The number of nitrogens with one attached hydrogen (secondary N) is 1. The summed E-state index contributed by atoms with van der Waals surface area (Å²) in [6, 6.07) is 22.3. The first-order chi connectivity index (χ1) is 15.5. The van der Waals surface area contributed by atoms with Crippen molar-refractivity contribution in [3.63, 3.8) is 0 Å². The Morgan fingerprint density at radius 2 is 1.88 bits per heavy atom. The molecule has 1 aliphatic rings. The third-order valence-corrected chi connectivity index (χ3v) is 6.35. The number of likely N-dealkylation sites (tertiary alicyclic amines) is 1. The second-order valence-corrected chi connectivity index (χ2v) is 8.63. The molecule has 0 bridgehead atoms. The van der Waals surface area contributed by atoms with Crippen LogP contribution in [0, 0.1) is 12.3 Å². The lowest BCUT2D eigenvalue weighted by atomic mass is 9.78. The second-order valence-electron chi connectivity index (χ2n) is 8.63. The minimum Gasteiger partial charge on any atom is -0.359 e. The van der Waals surface area contributed by atoms with Crippen molar-refractivity contribution < 1.29 is 9.59 Å². The molecule has 1 N–H and O–H groups in total. The average molecular weight is 428 g/mol. The van der Waals surface area contributed by atoms with Crippen molar-refractivity contribution in [1.29, 1.82) is 0 Å². The van der Waals surface area contributed by atoms with E-state index in [0.717, 1.165) is 22.4 Å². The molecule has 0 unspecified atom stereocenters. The highest BCUT2D eigenvalue weighted by atomic mass is 16.2. The van der Waals surface area contributed by atoms with Gasteiger partial charge in [0.05, 0.1) is 11.8 Å². The third-order valence-electron chi connectivity index (χ3n) is 6.35. The highest BCUT2D eigenvalue weighted by Crippen LogP contribution is 2.38. The summed E-state index contributed by atoms with van der Waals surface area (Å²) in [7, 11) is 1.68. The van der Waals surface area contributed by atoms with Gasteiger partial charge in [0.15, 0.2) is 0 Å². The monoisotopic (exact) mass is 427 g/mol. The number of aryl methyl sites for hydroxylation is 1. The zero-order valence-electron chi connectivity index (χ0n) is 18.7. The molecule has 0 aliphatic carbocycles. The fraction of sp³-hybridized carbons (Fsp3) is 0.296. The fourth-order valence-electron chi connectivity index (χ4n) is 4.66. The number of benzene rings is 2. The predicted molar refractivity (Wildman–Crippen MR) is 126 cm³/mol. The molecule has 1 atom stereocenters. The summed E-state index contributed by atoms with van der Waals surface area (Å²) >= 11 is 0. The Balaban J connectivity index is 1.59. The highest BCUT2D eigenvalue weighted by Gasteiger charge is 2.45. The largest absolute Gasteiger partial charge is 0.359 e. The Labute approximate surface area is 189 Å². The molecule has 1 aliphatic heterocycles. The maximum atomic E-state index is 13.1. The lowest BCUT2D eigenvalue weighted by molar-refractivity contribution is -0.132. The molecular weight excluding hydrogens is 398 g/mol. The van der Waals surface area contributed by atoms with Crippen LogP contribution in [-0.4, -0.2) is 41.8 Å². The van der Waals surface area contributed by atoms with Crippen LogP contribution in [0.3, 0.4) is 0 Å². The van der Waals surface area contributed by atoms with Crippen molar-refractivity contribution in [2.75, 3.05) is 20.1 Å². The minimum atomic E-state index is -0.644. The van der Waals surface area contributed by atoms with E-state index in [0.29, 0.717) is 25.9 Å². The molecule has 3 aromatic rings. The van der Waals surface area contributed by atoms with Crippen molar-refractivity contribution in [3.8, 4) is 11.1 Å². The first-order valence-electron chi connectivity index (χ1n) is 11.1. The minimum absolute atomic E-state index is 0.00955. The maximum Gasteiger partial charge on any atom is 0.228 e. The molecule has 4 rings (SSSR count). The maximum absolute atomic E-state index is 13.1. The zero-order chi connectivity index (χ0) is 22.6. The van der Waals surface area contributed by atoms with Crippen LogP contribution in [0.15, 0.2) is 72.9 Å². The standard InChI is InChI=1S/C27H29N3O2/c1-20-8-7-10-21(16-20)24-12-4-3-9-22(24)18-27(26(32)28-2)13-15-30(19-27)25(31)17-23-11-5-6-14-29-23/h3-12,14,16H,13,15,17-19H2,1-2H3,(H,28,32)/t27-/m1/s1. The number of carbonyl (C=O) groups is 2. The van der Waals surface area contributed by atoms with Crippen LogP contribution in [0.5, 0.6) is 0 Å². The molecule has 2 aromatic carbocycles. The Hall–Kier alpha value is -3.47. The summed E-state index contributed by atoms with van der Waals surface area (Å²) in [6.07, 6.45) is 3.18. The summed E-state index contributed by atoms with van der Waals surface area (Å²) in [6.45, 7) is 3.08. The van der Waals surface area contributed by atoms with Crippen LogP contribution in [-0.2, 0) is 22.4 Å². The van der Waals surface area contributed by atoms with E-state index in [-0.39, 0.29) is 18.2 Å². The topological polar surface area (TPSA) is 62.3 Å². The Kier molecular flexibility index (Phi) is 6.35. The van der Waals surface area contributed by atoms with E-state index in [1.807, 2.05) is 35.2 Å². The molecule has 0 spiro atoms. The summed E-state index contributed by atoms with van der Waals surface area (Å²) in [5.41, 5.74) is 4.71. The quantitative estimate of drug-likeness (QED) is 0.651. The lowest BCUT2D eigenvalue weighted by Gasteiger charge is -2.28. The smallest absolute Gasteiger partial charge is 0.228 e. The van der Waals surface area contributed by atoms with E-state index < -0.39 is 5.41 Å². The number of carbonyl (C=O) groups excluding carboxylic acids is 2. The van der Waals surface area contributed by atoms with Gasteiger partial charge < -0.3 is 10.2 Å². The van der Waals surface area contributed by atoms with Crippen LogP contribution < -0.4 is 5.32 Å². The van der Waals surface area contributed by atoms with Gasteiger partial charge >= 0.3 is 0 Å². The molecule has 164 valence electrons.